The predicted molar refractivity (Wildman–Crippen MR) is 92.4 cm³/mol. The van der Waals surface area contributed by atoms with Crippen molar-refractivity contribution < 1.29 is 14.0 Å². The average Bonchev–Trinajstić information content (AvgIpc) is 2.96. The first-order chi connectivity index (χ1) is 11.2. The van der Waals surface area contributed by atoms with Crippen molar-refractivity contribution in [2.24, 2.45) is 0 Å². The minimum absolute atomic E-state index is 0.0512. The molecule has 0 saturated carbocycles. The van der Waals surface area contributed by atoms with Crippen LogP contribution in [-0.2, 0) is 21.5 Å². The van der Waals surface area contributed by atoms with Crippen molar-refractivity contribution in [1.82, 2.24) is 10.3 Å². The Balaban J connectivity index is 1.92. The number of rotatable bonds is 3. The van der Waals surface area contributed by atoms with Gasteiger partial charge in [0.05, 0.1) is 17.2 Å². The molecule has 0 atom stereocenters. The van der Waals surface area contributed by atoms with E-state index in [1.807, 2.05) is 5.38 Å². The van der Waals surface area contributed by atoms with Gasteiger partial charge in [-0.25, -0.2) is 9.37 Å². The van der Waals surface area contributed by atoms with E-state index < -0.39 is 17.6 Å². The molecule has 0 unspecified atom stereocenters. The fourth-order valence-electron chi connectivity index (χ4n) is 1.93. The summed E-state index contributed by atoms with van der Waals surface area (Å²) in [4.78, 5) is 28.2. The van der Waals surface area contributed by atoms with Crippen LogP contribution in [0, 0.1) is 12.7 Å². The molecule has 0 radical (unpaired) electrons. The van der Waals surface area contributed by atoms with E-state index in [1.165, 1.54) is 29.5 Å². The van der Waals surface area contributed by atoms with Crippen LogP contribution >= 0.6 is 11.3 Å². The Hall–Kier alpha value is -2.28. The van der Waals surface area contributed by atoms with Gasteiger partial charge in [0.25, 0.3) is 0 Å². The number of benzene rings is 1. The van der Waals surface area contributed by atoms with Crippen LogP contribution in [-0.4, -0.2) is 16.8 Å². The summed E-state index contributed by atoms with van der Waals surface area (Å²) < 4.78 is 13.0. The summed E-state index contributed by atoms with van der Waals surface area (Å²) in [6, 6.07) is 3.94. The SMILES string of the molecule is Cc1cc(F)ccc1NC(=O)C(=O)NCc1csc(C(C)(C)C)n1. The van der Waals surface area contributed by atoms with Crippen LogP contribution in [0.2, 0.25) is 0 Å². The molecule has 2 aromatic rings. The number of aromatic nitrogens is 1. The van der Waals surface area contributed by atoms with E-state index in [4.69, 9.17) is 0 Å². The number of thiazole rings is 1. The first-order valence-electron chi connectivity index (χ1n) is 7.47. The minimum atomic E-state index is -0.795. The zero-order chi connectivity index (χ0) is 17.9. The normalized spacial score (nSPS) is 11.2. The van der Waals surface area contributed by atoms with Crippen LogP contribution in [0.1, 0.15) is 37.0 Å². The van der Waals surface area contributed by atoms with Crippen LogP contribution in [0.5, 0.6) is 0 Å². The Morgan fingerprint density at radius 1 is 1.25 bits per heavy atom. The molecular weight excluding hydrogens is 329 g/mol. The van der Waals surface area contributed by atoms with Crippen LogP contribution < -0.4 is 10.6 Å². The third-order valence-electron chi connectivity index (χ3n) is 3.27. The summed E-state index contributed by atoms with van der Waals surface area (Å²) in [5, 5.41) is 7.84. The number of aryl methyl sites for hydroxylation is 1. The minimum Gasteiger partial charge on any atom is -0.342 e. The summed E-state index contributed by atoms with van der Waals surface area (Å²) >= 11 is 1.52. The third kappa shape index (κ3) is 4.61. The largest absolute Gasteiger partial charge is 0.342 e. The number of carbonyl (C=O) groups is 2. The quantitative estimate of drug-likeness (QED) is 0.836. The first kappa shape index (κ1) is 18.1. The van der Waals surface area contributed by atoms with Gasteiger partial charge in [-0.1, -0.05) is 20.8 Å². The third-order valence-corrected chi connectivity index (χ3v) is 4.58. The maximum Gasteiger partial charge on any atom is 0.313 e. The van der Waals surface area contributed by atoms with E-state index >= 15 is 0 Å². The van der Waals surface area contributed by atoms with E-state index in [9.17, 15) is 14.0 Å². The van der Waals surface area contributed by atoms with E-state index in [2.05, 4.69) is 36.4 Å². The number of anilines is 1. The molecule has 0 fully saturated rings. The topological polar surface area (TPSA) is 71.1 Å². The predicted octanol–water partition coefficient (Wildman–Crippen LogP) is 3.14. The van der Waals surface area contributed by atoms with Gasteiger partial charge in [0, 0.05) is 16.5 Å². The fourth-order valence-corrected chi connectivity index (χ4v) is 2.84. The molecule has 1 heterocycles. The van der Waals surface area contributed by atoms with Crippen molar-refractivity contribution in [3.05, 3.63) is 45.7 Å². The smallest absolute Gasteiger partial charge is 0.313 e. The van der Waals surface area contributed by atoms with Gasteiger partial charge >= 0.3 is 11.8 Å². The Bertz CT molecular complexity index is 765. The first-order valence-corrected chi connectivity index (χ1v) is 8.35. The van der Waals surface area contributed by atoms with Crippen LogP contribution in [0.25, 0.3) is 0 Å². The molecule has 24 heavy (non-hydrogen) atoms. The zero-order valence-corrected chi connectivity index (χ0v) is 14.9. The summed E-state index contributed by atoms with van der Waals surface area (Å²) in [6.07, 6.45) is 0. The lowest BCUT2D eigenvalue weighted by Gasteiger charge is -2.13. The highest BCUT2D eigenvalue weighted by molar-refractivity contribution is 7.09. The number of hydrogen-bond acceptors (Lipinski definition) is 4. The van der Waals surface area contributed by atoms with Crippen molar-refractivity contribution >= 4 is 28.8 Å². The second-order valence-electron chi connectivity index (χ2n) is 6.49. The Morgan fingerprint density at radius 2 is 1.96 bits per heavy atom. The van der Waals surface area contributed by atoms with E-state index in [0.717, 1.165) is 5.01 Å². The summed E-state index contributed by atoms with van der Waals surface area (Å²) in [5.74, 6) is -1.95. The number of hydrogen-bond donors (Lipinski definition) is 2. The molecule has 1 aromatic carbocycles. The van der Waals surface area contributed by atoms with Gasteiger partial charge in [0.2, 0.25) is 0 Å². The van der Waals surface area contributed by atoms with E-state index in [0.29, 0.717) is 16.9 Å². The van der Waals surface area contributed by atoms with Crippen molar-refractivity contribution in [3.8, 4) is 0 Å². The number of amides is 2. The lowest BCUT2D eigenvalue weighted by molar-refractivity contribution is -0.136. The highest BCUT2D eigenvalue weighted by Crippen LogP contribution is 2.25. The van der Waals surface area contributed by atoms with Gasteiger partial charge in [-0.05, 0) is 30.7 Å². The van der Waals surface area contributed by atoms with Gasteiger partial charge in [0.1, 0.15) is 5.82 Å². The van der Waals surface area contributed by atoms with Gasteiger partial charge in [-0.2, -0.15) is 0 Å². The molecule has 2 amide bonds. The average molecular weight is 349 g/mol. The molecule has 0 bridgehead atoms. The van der Waals surface area contributed by atoms with E-state index in [1.54, 1.807) is 6.92 Å². The fraction of sp³-hybridized carbons (Fsp3) is 0.353. The molecule has 2 rings (SSSR count). The molecule has 128 valence electrons. The molecule has 0 aliphatic rings. The van der Waals surface area contributed by atoms with E-state index in [-0.39, 0.29) is 12.0 Å². The van der Waals surface area contributed by atoms with Crippen molar-refractivity contribution in [2.75, 3.05) is 5.32 Å². The van der Waals surface area contributed by atoms with Crippen molar-refractivity contribution in [2.45, 2.75) is 39.7 Å². The molecule has 2 N–H and O–H groups in total. The summed E-state index contributed by atoms with van der Waals surface area (Å²) in [6.45, 7) is 8.02. The lowest BCUT2D eigenvalue weighted by Crippen LogP contribution is -2.35. The Morgan fingerprint density at radius 3 is 2.54 bits per heavy atom. The van der Waals surface area contributed by atoms with Gasteiger partial charge in [0.15, 0.2) is 0 Å². The highest BCUT2D eigenvalue weighted by atomic mass is 32.1. The number of nitrogens with zero attached hydrogens (tertiary/aromatic N) is 1. The van der Waals surface area contributed by atoms with Gasteiger partial charge in [-0.15, -0.1) is 11.3 Å². The molecule has 0 spiro atoms. The molecule has 1 aromatic heterocycles. The number of carbonyl (C=O) groups excluding carboxylic acids is 2. The van der Waals surface area contributed by atoms with Crippen LogP contribution in [0.4, 0.5) is 10.1 Å². The lowest BCUT2D eigenvalue weighted by atomic mass is 9.98. The zero-order valence-electron chi connectivity index (χ0n) is 14.1. The highest BCUT2D eigenvalue weighted by Gasteiger charge is 2.19. The maximum atomic E-state index is 13.0. The van der Waals surface area contributed by atoms with Crippen molar-refractivity contribution in [1.29, 1.82) is 0 Å². The standard InChI is InChI=1S/C17H20FN3O2S/c1-10-7-11(18)5-6-13(10)21-15(23)14(22)19-8-12-9-24-16(20-12)17(2,3)4/h5-7,9H,8H2,1-4H3,(H,19,22)(H,21,23). The van der Waals surface area contributed by atoms with Crippen LogP contribution in [0.3, 0.4) is 0 Å². The molecule has 0 aliphatic heterocycles. The molecule has 5 nitrogen and oxygen atoms in total. The molecule has 7 heteroatoms. The van der Waals surface area contributed by atoms with Gasteiger partial charge < -0.3 is 10.6 Å². The number of halogens is 1. The molecule has 0 aliphatic carbocycles. The monoisotopic (exact) mass is 349 g/mol. The Labute approximate surface area is 144 Å². The molecule has 0 saturated heterocycles. The Kier molecular flexibility index (Phi) is 5.33. The summed E-state index contributed by atoms with van der Waals surface area (Å²) in [7, 11) is 0. The second-order valence-corrected chi connectivity index (χ2v) is 7.35. The maximum absolute atomic E-state index is 13.0. The van der Waals surface area contributed by atoms with Crippen molar-refractivity contribution in [3.63, 3.8) is 0 Å². The second kappa shape index (κ2) is 7.09. The molecular formula is C17H20FN3O2S. The van der Waals surface area contributed by atoms with Crippen LogP contribution in [0.15, 0.2) is 23.6 Å². The number of nitrogens with one attached hydrogen (secondary N) is 2. The van der Waals surface area contributed by atoms with Gasteiger partial charge in [-0.3, -0.25) is 9.59 Å². The summed E-state index contributed by atoms with van der Waals surface area (Å²) in [5.41, 5.74) is 1.61.